The topological polar surface area (TPSA) is 73.9 Å². The zero-order chi connectivity index (χ0) is 19.1. The summed E-state index contributed by atoms with van der Waals surface area (Å²) in [5.41, 5.74) is 0.534. The van der Waals surface area contributed by atoms with Crippen molar-refractivity contribution >= 4 is 29.3 Å². The molecule has 0 saturated heterocycles. The zero-order valence-corrected chi connectivity index (χ0v) is 15.2. The third-order valence-electron chi connectivity index (χ3n) is 3.58. The van der Waals surface area contributed by atoms with Crippen LogP contribution in [0.5, 0.6) is 11.5 Å². The first-order valence-electron chi connectivity index (χ1n) is 8.33. The summed E-state index contributed by atoms with van der Waals surface area (Å²) in [6, 6.07) is 11.1. The molecule has 0 radical (unpaired) electrons. The summed E-state index contributed by atoms with van der Waals surface area (Å²) in [7, 11) is 0. The summed E-state index contributed by atoms with van der Waals surface area (Å²) in [4.78, 5) is 24.5. The Hall–Kier alpha value is -2.74. The molecule has 0 fully saturated rings. The molecule has 0 bridgehead atoms. The molecule has 0 atom stereocenters. The number of anilines is 1. The number of hydrogen-bond acceptors (Lipinski definition) is 6. The normalized spacial score (nSPS) is 12.3. The number of amides is 1. The van der Waals surface area contributed by atoms with Crippen molar-refractivity contribution in [2.75, 3.05) is 30.9 Å². The summed E-state index contributed by atoms with van der Waals surface area (Å²) in [6.07, 6.45) is 0.152. The summed E-state index contributed by atoms with van der Waals surface area (Å²) < 4.78 is 28.6. The predicted molar refractivity (Wildman–Crippen MR) is 98.8 cm³/mol. The average Bonchev–Trinajstić information content (AvgIpc) is 2.68. The van der Waals surface area contributed by atoms with E-state index in [2.05, 4.69) is 5.32 Å². The molecule has 27 heavy (non-hydrogen) atoms. The highest BCUT2D eigenvalue weighted by atomic mass is 32.2. The number of thioether (sulfide) groups is 1. The van der Waals surface area contributed by atoms with Gasteiger partial charge >= 0.3 is 5.97 Å². The number of nitrogens with one attached hydrogen (secondary N) is 1. The fourth-order valence-electron chi connectivity index (χ4n) is 2.32. The Bertz CT molecular complexity index is 812. The van der Waals surface area contributed by atoms with Crippen LogP contribution in [-0.2, 0) is 14.3 Å². The van der Waals surface area contributed by atoms with E-state index in [1.54, 1.807) is 30.3 Å². The van der Waals surface area contributed by atoms with Gasteiger partial charge < -0.3 is 19.5 Å². The Kier molecular flexibility index (Phi) is 6.54. The number of carbonyl (C=O) groups is 2. The molecular weight excluding hydrogens is 373 g/mol. The van der Waals surface area contributed by atoms with Crippen molar-refractivity contribution in [3.63, 3.8) is 0 Å². The van der Waals surface area contributed by atoms with Crippen LogP contribution in [0.4, 0.5) is 10.1 Å². The number of ether oxygens (including phenoxy) is 3. The van der Waals surface area contributed by atoms with Gasteiger partial charge in [-0.3, -0.25) is 9.59 Å². The maximum absolute atomic E-state index is 12.8. The average molecular weight is 391 g/mol. The van der Waals surface area contributed by atoms with E-state index >= 15 is 0 Å². The van der Waals surface area contributed by atoms with E-state index in [9.17, 15) is 14.0 Å². The molecule has 1 amide bonds. The number of rotatable bonds is 7. The van der Waals surface area contributed by atoms with E-state index in [-0.39, 0.29) is 18.8 Å². The maximum Gasteiger partial charge on any atom is 0.307 e. The standard InChI is InChI=1S/C19H18FNO5S/c20-13-1-4-15(5-2-13)27-10-7-19(23)26-12-18(22)21-14-3-6-16-17(11-14)25-9-8-24-16/h1-6,11H,7-10,12H2,(H,21,22). The lowest BCUT2D eigenvalue weighted by molar-refractivity contribution is -0.146. The van der Waals surface area contributed by atoms with Crippen molar-refractivity contribution in [2.24, 2.45) is 0 Å². The van der Waals surface area contributed by atoms with Crippen LogP contribution in [0, 0.1) is 5.82 Å². The van der Waals surface area contributed by atoms with Crippen molar-refractivity contribution in [3.05, 3.63) is 48.3 Å². The Balaban J connectivity index is 1.37. The van der Waals surface area contributed by atoms with Crippen molar-refractivity contribution < 1.29 is 28.2 Å². The lowest BCUT2D eigenvalue weighted by Gasteiger charge is -2.19. The highest BCUT2D eigenvalue weighted by molar-refractivity contribution is 7.99. The van der Waals surface area contributed by atoms with Gasteiger partial charge in [0.05, 0.1) is 6.42 Å². The SMILES string of the molecule is O=C(COC(=O)CCSc1ccc(F)cc1)Nc1ccc2c(c1)OCCO2. The fraction of sp³-hybridized carbons (Fsp3) is 0.263. The first-order valence-corrected chi connectivity index (χ1v) is 9.32. The minimum Gasteiger partial charge on any atom is -0.486 e. The second kappa shape index (κ2) is 9.27. The highest BCUT2D eigenvalue weighted by Gasteiger charge is 2.13. The van der Waals surface area contributed by atoms with E-state index in [1.165, 1.54) is 23.9 Å². The molecule has 2 aromatic carbocycles. The van der Waals surface area contributed by atoms with Gasteiger partial charge in [-0.05, 0) is 36.4 Å². The zero-order valence-electron chi connectivity index (χ0n) is 14.4. The highest BCUT2D eigenvalue weighted by Crippen LogP contribution is 2.32. The third-order valence-corrected chi connectivity index (χ3v) is 4.59. The van der Waals surface area contributed by atoms with E-state index in [1.807, 2.05) is 0 Å². The minimum absolute atomic E-state index is 0.152. The lowest BCUT2D eigenvalue weighted by atomic mass is 10.2. The minimum atomic E-state index is -0.470. The number of benzene rings is 2. The van der Waals surface area contributed by atoms with Crippen LogP contribution < -0.4 is 14.8 Å². The molecule has 0 aromatic heterocycles. The summed E-state index contributed by atoms with van der Waals surface area (Å²) in [5.74, 6) is 0.461. The van der Waals surface area contributed by atoms with Gasteiger partial charge in [0.1, 0.15) is 19.0 Å². The second-order valence-electron chi connectivity index (χ2n) is 5.62. The Morgan fingerprint density at radius 1 is 1.07 bits per heavy atom. The summed E-state index contributed by atoms with van der Waals surface area (Å²) in [6.45, 7) is 0.584. The summed E-state index contributed by atoms with van der Waals surface area (Å²) in [5, 5.41) is 2.64. The molecule has 1 aliphatic rings. The van der Waals surface area contributed by atoms with Gasteiger partial charge in [-0.2, -0.15) is 0 Å². The predicted octanol–water partition coefficient (Wildman–Crippen LogP) is 3.26. The largest absolute Gasteiger partial charge is 0.486 e. The molecule has 1 N–H and O–H groups in total. The molecule has 2 aromatic rings. The van der Waals surface area contributed by atoms with Gasteiger partial charge in [0.15, 0.2) is 18.1 Å². The van der Waals surface area contributed by atoms with Crippen LogP contribution in [0.15, 0.2) is 47.4 Å². The Morgan fingerprint density at radius 3 is 2.59 bits per heavy atom. The number of carbonyl (C=O) groups excluding carboxylic acids is 2. The van der Waals surface area contributed by atoms with Gasteiger partial charge in [0.25, 0.3) is 5.91 Å². The molecule has 142 valence electrons. The monoisotopic (exact) mass is 391 g/mol. The number of hydrogen-bond donors (Lipinski definition) is 1. The number of halogens is 1. The molecule has 1 heterocycles. The van der Waals surface area contributed by atoms with Crippen LogP contribution in [-0.4, -0.2) is 37.4 Å². The van der Waals surface area contributed by atoms with Gasteiger partial charge in [0, 0.05) is 22.4 Å². The molecule has 0 saturated carbocycles. The van der Waals surface area contributed by atoms with Gasteiger partial charge in [-0.1, -0.05) is 0 Å². The van der Waals surface area contributed by atoms with E-state index < -0.39 is 11.9 Å². The second-order valence-corrected chi connectivity index (χ2v) is 6.79. The molecule has 3 rings (SSSR count). The lowest BCUT2D eigenvalue weighted by Crippen LogP contribution is -2.21. The molecule has 0 aliphatic carbocycles. The number of esters is 1. The Labute approximate surface area is 160 Å². The van der Waals surface area contributed by atoms with Gasteiger partial charge in [-0.15, -0.1) is 11.8 Å². The van der Waals surface area contributed by atoms with Crippen LogP contribution >= 0.6 is 11.8 Å². The smallest absolute Gasteiger partial charge is 0.307 e. The number of fused-ring (bicyclic) bond motifs is 1. The molecule has 6 nitrogen and oxygen atoms in total. The summed E-state index contributed by atoms with van der Waals surface area (Å²) >= 11 is 1.41. The van der Waals surface area contributed by atoms with Crippen LogP contribution in [0.1, 0.15) is 6.42 Å². The maximum atomic E-state index is 12.8. The molecule has 0 spiro atoms. The van der Waals surface area contributed by atoms with Gasteiger partial charge in [0.2, 0.25) is 0 Å². The van der Waals surface area contributed by atoms with Crippen LogP contribution in [0.2, 0.25) is 0 Å². The molecule has 8 heteroatoms. The van der Waals surface area contributed by atoms with E-state index in [0.29, 0.717) is 36.2 Å². The van der Waals surface area contributed by atoms with E-state index in [0.717, 1.165) is 4.90 Å². The van der Waals surface area contributed by atoms with Gasteiger partial charge in [-0.25, -0.2) is 4.39 Å². The third kappa shape index (κ3) is 5.89. The first-order chi connectivity index (χ1) is 13.1. The molecular formula is C19H18FNO5S. The quantitative estimate of drug-likeness (QED) is 0.577. The van der Waals surface area contributed by atoms with E-state index in [4.69, 9.17) is 14.2 Å². The molecule has 1 aliphatic heterocycles. The fourth-order valence-corrected chi connectivity index (χ4v) is 3.15. The van der Waals surface area contributed by atoms with Crippen LogP contribution in [0.25, 0.3) is 0 Å². The van der Waals surface area contributed by atoms with Crippen molar-refractivity contribution in [3.8, 4) is 11.5 Å². The van der Waals surface area contributed by atoms with Crippen molar-refractivity contribution in [2.45, 2.75) is 11.3 Å². The van der Waals surface area contributed by atoms with Crippen molar-refractivity contribution in [1.29, 1.82) is 0 Å². The first kappa shape index (κ1) is 19.0. The molecule has 0 unspecified atom stereocenters. The Morgan fingerprint density at radius 2 is 1.81 bits per heavy atom. The van der Waals surface area contributed by atoms with Crippen LogP contribution in [0.3, 0.4) is 0 Å². The van der Waals surface area contributed by atoms with Crippen molar-refractivity contribution in [1.82, 2.24) is 0 Å².